The molecule has 0 amide bonds. The predicted molar refractivity (Wildman–Crippen MR) is 78.6 cm³/mol. The number of benzene rings is 2. The number of ether oxygens (including phenoxy) is 2. The molecule has 0 saturated carbocycles. The van der Waals surface area contributed by atoms with Crippen LogP contribution in [-0.2, 0) is 0 Å². The monoisotopic (exact) mass is 271 g/mol. The van der Waals surface area contributed by atoms with E-state index in [1.807, 2.05) is 13.0 Å². The first kappa shape index (κ1) is 13.9. The van der Waals surface area contributed by atoms with Crippen LogP contribution in [0.5, 0.6) is 11.5 Å². The van der Waals surface area contributed by atoms with Gasteiger partial charge in [0.25, 0.3) is 0 Å². The van der Waals surface area contributed by atoms with Crippen LogP contribution in [0.4, 0.5) is 5.69 Å². The molecule has 2 aromatic carbocycles. The van der Waals surface area contributed by atoms with Gasteiger partial charge in [0.15, 0.2) is 5.78 Å². The van der Waals surface area contributed by atoms with Crippen LogP contribution in [-0.4, -0.2) is 20.0 Å². The van der Waals surface area contributed by atoms with E-state index in [1.54, 1.807) is 37.4 Å². The zero-order valence-electron chi connectivity index (χ0n) is 11.8. The highest BCUT2D eigenvalue weighted by molar-refractivity contribution is 6.12. The smallest absolute Gasteiger partial charge is 0.200 e. The molecule has 0 aliphatic heterocycles. The molecule has 0 aliphatic rings. The van der Waals surface area contributed by atoms with E-state index in [9.17, 15) is 4.79 Å². The van der Waals surface area contributed by atoms with Crippen LogP contribution < -0.4 is 15.2 Å². The largest absolute Gasteiger partial charge is 0.496 e. The number of ketones is 1. The zero-order valence-corrected chi connectivity index (χ0v) is 11.8. The molecular weight excluding hydrogens is 254 g/mol. The first-order valence-electron chi connectivity index (χ1n) is 6.19. The Morgan fingerprint density at radius 3 is 2.30 bits per heavy atom. The maximum atomic E-state index is 12.7. The van der Waals surface area contributed by atoms with Crippen LogP contribution in [0.25, 0.3) is 0 Å². The van der Waals surface area contributed by atoms with Crippen LogP contribution in [0.3, 0.4) is 0 Å². The van der Waals surface area contributed by atoms with Crippen LogP contribution in [0.2, 0.25) is 0 Å². The van der Waals surface area contributed by atoms with Gasteiger partial charge in [-0.05, 0) is 31.2 Å². The second kappa shape index (κ2) is 5.65. The quantitative estimate of drug-likeness (QED) is 0.686. The van der Waals surface area contributed by atoms with Gasteiger partial charge in [0.2, 0.25) is 0 Å². The van der Waals surface area contributed by atoms with Crippen molar-refractivity contribution in [1.29, 1.82) is 0 Å². The summed E-state index contributed by atoms with van der Waals surface area (Å²) >= 11 is 0. The topological polar surface area (TPSA) is 61.5 Å². The molecule has 0 saturated heterocycles. The van der Waals surface area contributed by atoms with Crippen molar-refractivity contribution in [3.8, 4) is 11.5 Å². The molecule has 2 aromatic rings. The third kappa shape index (κ3) is 2.59. The molecule has 4 heteroatoms. The summed E-state index contributed by atoms with van der Waals surface area (Å²) < 4.78 is 10.5. The number of nitrogen functional groups attached to an aromatic ring is 1. The van der Waals surface area contributed by atoms with Crippen LogP contribution in [0.15, 0.2) is 36.4 Å². The second-order valence-corrected chi connectivity index (χ2v) is 4.49. The lowest BCUT2D eigenvalue weighted by Crippen LogP contribution is -2.07. The summed E-state index contributed by atoms with van der Waals surface area (Å²) in [7, 11) is 3.06. The molecule has 2 N–H and O–H groups in total. The number of carbonyl (C=O) groups excluding carboxylic acids is 1. The molecule has 0 fully saturated rings. The Kier molecular flexibility index (Phi) is 3.94. The number of methoxy groups -OCH3 is 2. The number of hydrogen-bond acceptors (Lipinski definition) is 4. The molecule has 104 valence electrons. The van der Waals surface area contributed by atoms with E-state index < -0.39 is 0 Å². The minimum absolute atomic E-state index is 0.151. The fraction of sp³-hybridized carbons (Fsp3) is 0.188. The molecule has 0 atom stereocenters. The fourth-order valence-corrected chi connectivity index (χ4v) is 2.04. The van der Waals surface area contributed by atoms with Gasteiger partial charge in [0.1, 0.15) is 11.5 Å². The van der Waals surface area contributed by atoms with Crippen molar-refractivity contribution in [2.75, 3.05) is 20.0 Å². The number of carbonyl (C=O) groups is 1. The summed E-state index contributed by atoms with van der Waals surface area (Å²) in [5.41, 5.74) is 8.22. The summed E-state index contributed by atoms with van der Waals surface area (Å²) in [6, 6.07) is 10.5. The van der Waals surface area contributed by atoms with Crippen LogP contribution in [0.1, 0.15) is 21.5 Å². The van der Waals surface area contributed by atoms with Crippen molar-refractivity contribution in [2.45, 2.75) is 6.92 Å². The van der Waals surface area contributed by atoms with Crippen molar-refractivity contribution in [3.63, 3.8) is 0 Å². The van der Waals surface area contributed by atoms with E-state index in [1.165, 1.54) is 7.11 Å². The van der Waals surface area contributed by atoms with E-state index in [0.717, 1.165) is 5.56 Å². The molecule has 2 rings (SSSR count). The standard InChI is InChI=1S/C16H17NO3/c1-10-4-7-14(19-2)13(8-10)16(18)12-6-5-11(17)9-15(12)20-3/h4-9H,17H2,1-3H3. The number of aryl methyl sites for hydroxylation is 1. The van der Waals surface area contributed by atoms with Crippen molar-refractivity contribution in [1.82, 2.24) is 0 Å². The molecule has 0 radical (unpaired) electrons. The molecule has 0 aromatic heterocycles. The minimum Gasteiger partial charge on any atom is -0.496 e. The summed E-state index contributed by atoms with van der Waals surface area (Å²) in [5, 5.41) is 0. The Morgan fingerprint density at radius 2 is 1.65 bits per heavy atom. The number of rotatable bonds is 4. The average Bonchev–Trinajstić information content (AvgIpc) is 2.46. The Bertz CT molecular complexity index is 650. The zero-order chi connectivity index (χ0) is 14.7. The number of hydrogen-bond donors (Lipinski definition) is 1. The molecule has 4 nitrogen and oxygen atoms in total. The first-order chi connectivity index (χ1) is 9.56. The maximum Gasteiger partial charge on any atom is 0.200 e. The van der Waals surface area contributed by atoms with Crippen LogP contribution >= 0.6 is 0 Å². The van der Waals surface area contributed by atoms with E-state index in [2.05, 4.69) is 0 Å². The van der Waals surface area contributed by atoms with Gasteiger partial charge < -0.3 is 15.2 Å². The molecule has 0 heterocycles. The van der Waals surface area contributed by atoms with Gasteiger partial charge in [-0.3, -0.25) is 4.79 Å². The predicted octanol–water partition coefficient (Wildman–Crippen LogP) is 2.83. The molecule has 0 spiro atoms. The summed E-state index contributed by atoms with van der Waals surface area (Å²) in [6.07, 6.45) is 0. The van der Waals surface area contributed by atoms with E-state index in [0.29, 0.717) is 28.3 Å². The highest BCUT2D eigenvalue weighted by Crippen LogP contribution is 2.28. The molecule has 0 aliphatic carbocycles. The molecule has 20 heavy (non-hydrogen) atoms. The highest BCUT2D eigenvalue weighted by Gasteiger charge is 2.18. The SMILES string of the molecule is COc1cc(N)ccc1C(=O)c1cc(C)ccc1OC. The van der Waals surface area contributed by atoms with E-state index in [-0.39, 0.29) is 5.78 Å². The number of nitrogens with two attached hydrogens (primary N) is 1. The summed E-state index contributed by atoms with van der Waals surface area (Å²) in [4.78, 5) is 12.7. The molecule has 0 unspecified atom stereocenters. The fourth-order valence-electron chi connectivity index (χ4n) is 2.04. The third-order valence-electron chi connectivity index (χ3n) is 3.07. The first-order valence-corrected chi connectivity index (χ1v) is 6.19. The highest BCUT2D eigenvalue weighted by atomic mass is 16.5. The van der Waals surface area contributed by atoms with E-state index >= 15 is 0 Å². The summed E-state index contributed by atoms with van der Waals surface area (Å²) in [5.74, 6) is 0.848. The normalized spacial score (nSPS) is 10.2. The molecule has 0 bridgehead atoms. The van der Waals surface area contributed by atoms with Crippen molar-refractivity contribution in [2.24, 2.45) is 0 Å². The van der Waals surface area contributed by atoms with Gasteiger partial charge in [-0.15, -0.1) is 0 Å². The van der Waals surface area contributed by atoms with E-state index in [4.69, 9.17) is 15.2 Å². The molecular formula is C16H17NO3. The average molecular weight is 271 g/mol. The van der Waals surface area contributed by atoms with Crippen molar-refractivity contribution >= 4 is 11.5 Å². The maximum absolute atomic E-state index is 12.7. The lowest BCUT2D eigenvalue weighted by atomic mass is 9.99. The van der Waals surface area contributed by atoms with Gasteiger partial charge >= 0.3 is 0 Å². The van der Waals surface area contributed by atoms with Gasteiger partial charge in [-0.2, -0.15) is 0 Å². The van der Waals surface area contributed by atoms with Gasteiger partial charge in [-0.1, -0.05) is 11.6 Å². The third-order valence-corrected chi connectivity index (χ3v) is 3.07. The van der Waals surface area contributed by atoms with Gasteiger partial charge in [0.05, 0.1) is 25.3 Å². The minimum atomic E-state index is -0.151. The lowest BCUT2D eigenvalue weighted by molar-refractivity contribution is 0.103. The Balaban J connectivity index is 2.54. The van der Waals surface area contributed by atoms with Gasteiger partial charge in [-0.25, -0.2) is 0 Å². The lowest BCUT2D eigenvalue weighted by Gasteiger charge is -2.11. The van der Waals surface area contributed by atoms with Crippen molar-refractivity contribution < 1.29 is 14.3 Å². The summed E-state index contributed by atoms with van der Waals surface area (Å²) in [6.45, 7) is 1.93. The Hall–Kier alpha value is -2.49. The van der Waals surface area contributed by atoms with Crippen LogP contribution in [0, 0.1) is 6.92 Å². The Labute approximate surface area is 118 Å². The van der Waals surface area contributed by atoms with Crippen molar-refractivity contribution in [3.05, 3.63) is 53.1 Å². The second-order valence-electron chi connectivity index (χ2n) is 4.49. The Morgan fingerprint density at radius 1 is 0.950 bits per heavy atom. The van der Waals surface area contributed by atoms with Gasteiger partial charge in [0, 0.05) is 11.8 Å². The number of anilines is 1.